The van der Waals surface area contributed by atoms with Crippen molar-refractivity contribution in [1.29, 1.82) is 0 Å². The first-order chi connectivity index (χ1) is 9.66. The molecular weight excluding hydrogens is 270 g/mol. The molecule has 1 N–H and O–H groups in total. The molecule has 0 atom stereocenters. The molecule has 0 spiro atoms. The van der Waals surface area contributed by atoms with Gasteiger partial charge in [-0.05, 0) is 49.1 Å². The van der Waals surface area contributed by atoms with Crippen LogP contribution in [0.5, 0.6) is 0 Å². The molecule has 1 saturated carbocycles. The number of hydrogen-bond acceptors (Lipinski definition) is 3. The Kier molecular flexibility index (Phi) is 3.61. The fourth-order valence-corrected chi connectivity index (χ4v) is 3.16. The third-order valence-electron chi connectivity index (χ3n) is 3.76. The second-order valence-electron chi connectivity index (χ2n) is 5.35. The van der Waals surface area contributed by atoms with Crippen molar-refractivity contribution in [2.75, 3.05) is 6.54 Å². The first-order valence-electron chi connectivity index (χ1n) is 7.01. The summed E-state index contributed by atoms with van der Waals surface area (Å²) in [6, 6.07) is 2.13. The average Bonchev–Trinajstić information content (AvgIpc) is 3.07. The quantitative estimate of drug-likeness (QED) is 0.920. The van der Waals surface area contributed by atoms with E-state index in [9.17, 15) is 4.79 Å². The number of hydrogen-bond donors (Lipinski definition) is 1. The molecule has 0 aliphatic heterocycles. The molecule has 2 heterocycles. The lowest BCUT2D eigenvalue weighted by Gasteiger charge is -2.06. The van der Waals surface area contributed by atoms with Crippen LogP contribution in [0.1, 0.15) is 24.2 Å². The summed E-state index contributed by atoms with van der Waals surface area (Å²) in [6.07, 6.45) is 2.10. The van der Waals surface area contributed by atoms with E-state index in [1.165, 1.54) is 16.8 Å². The van der Waals surface area contributed by atoms with Gasteiger partial charge in [0.2, 0.25) is 5.91 Å². The second-order valence-corrected chi connectivity index (χ2v) is 6.13. The van der Waals surface area contributed by atoms with Crippen molar-refractivity contribution in [2.45, 2.75) is 33.2 Å². The summed E-state index contributed by atoms with van der Waals surface area (Å²) < 4.78 is 2.00. The first-order valence-corrected chi connectivity index (χ1v) is 7.95. The largest absolute Gasteiger partial charge is 0.354 e. The zero-order valence-electron chi connectivity index (χ0n) is 11.8. The number of nitrogens with one attached hydrogen (secondary N) is 1. The van der Waals surface area contributed by atoms with E-state index < -0.39 is 0 Å². The molecule has 1 aliphatic rings. The Hall–Kier alpha value is -1.62. The number of thiophene rings is 1. The van der Waals surface area contributed by atoms with Crippen molar-refractivity contribution < 1.29 is 4.79 Å². The molecule has 0 saturated heterocycles. The number of carbonyl (C=O) groups excluding carboxylic acids is 1. The highest BCUT2D eigenvalue weighted by atomic mass is 32.1. The average molecular weight is 289 g/mol. The highest BCUT2D eigenvalue weighted by Gasteiger charge is 2.29. The number of aryl methyl sites for hydroxylation is 1. The minimum atomic E-state index is 0.199. The molecule has 1 aliphatic carbocycles. The number of rotatable bonds is 5. The molecular formula is C15H19N3OS. The summed E-state index contributed by atoms with van der Waals surface area (Å²) in [5.74, 6) is 0.474. The van der Waals surface area contributed by atoms with E-state index in [-0.39, 0.29) is 11.8 Å². The summed E-state index contributed by atoms with van der Waals surface area (Å²) >= 11 is 1.70. The van der Waals surface area contributed by atoms with E-state index >= 15 is 0 Å². The van der Waals surface area contributed by atoms with Crippen LogP contribution in [-0.4, -0.2) is 22.2 Å². The Bertz CT molecular complexity index is 611. The third-order valence-corrected chi connectivity index (χ3v) is 4.45. The van der Waals surface area contributed by atoms with Crippen LogP contribution in [-0.2, 0) is 11.3 Å². The Morgan fingerprint density at radius 3 is 2.95 bits per heavy atom. The normalized spacial score (nSPS) is 14.5. The van der Waals surface area contributed by atoms with Gasteiger partial charge in [0, 0.05) is 23.7 Å². The maximum Gasteiger partial charge on any atom is 0.223 e. The molecule has 1 amide bonds. The van der Waals surface area contributed by atoms with E-state index in [0.29, 0.717) is 6.54 Å². The molecule has 0 bridgehead atoms. The lowest BCUT2D eigenvalue weighted by atomic mass is 10.1. The van der Waals surface area contributed by atoms with Crippen molar-refractivity contribution in [3.63, 3.8) is 0 Å². The van der Waals surface area contributed by atoms with Crippen molar-refractivity contribution in [3.05, 3.63) is 28.2 Å². The van der Waals surface area contributed by atoms with E-state index in [2.05, 4.69) is 34.2 Å². The first kappa shape index (κ1) is 13.4. The Morgan fingerprint density at radius 1 is 1.50 bits per heavy atom. The molecule has 5 heteroatoms. The summed E-state index contributed by atoms with van der Waals surface area (Å²) in [4.78, 5) is 11.6. The molecule has 0 radical (unpaired) electrons. The van der Waals surface area contributed by atoms with E-state index in [4.69, 9.17) is 0 Å². The molecule has 20 heavy (non-hydrogen) atoms. The minimum absolute atomic E-state index is 0.199. The number of carbonyl (C=O) groups is 1. The fraction of sp³-hybridized carbons (Fsp3) is 0.467. The monoisotopic (exact) mass is 289 g/mol. The molecule has 0 unspecified atom stereocenters. The number of aromatic nitrogens is 2. The molecule has 106 valence electrons. The van der Waals surface area contributed by atoms with E-state index in [0.717, 1.165) is 25.1 Å². The van der Waals surface area contributed by atoms with Crippen LogP contribution in [0.15, 0.2) is 16.8 Å². The topological polar surface area (TPSA) is 46.9 Å². The summed E-state index contributed by atoms with van der Waals surface area (Å²) in [6.45, 7) is 5.52. The second kappa shape index (κ2) is 5.40. The van der Waals surface area contributed by atoms with Crippen LogP contribution < -0.4 is 5.32 Å². The zero-order valence-corrected chi connectivity index (χ0v) is 12.7. The summed E-state index contributed by atoms with van der Waals surface area (Å²) in [5, 5.41) is 11.8. The fourth-order valence-electron chi connectivity index (χ4n) is 2.51. The SMILES string of the molecule is Cc1nn(CCNC(=O)C2CC2)c(C)c1-c1ccsc1. The number of nitrogens with zero attached hydrogens (tertiary/aromatic N) is 2. The van der Waals surface area contributed by atoms with Gasteiger partial charge in [-0.1, -0.05) is 0 Å². The van der Waals surface area contributed by atoms with Gasteiger partial charge in [0.15, 0.2) is 0 Å². The summed E-state index contributed by atoms with van der Waals surface area (Å²) in [5.41, 5.74) is 4.68. The van der Waals surface area contributed by atoms with Gasteiger partial charge >= 0.3 is 0 Å². The molecule has 0 aromatic carbocycles. The molecule has 3 rings (SSSR count). The van der Waals surface area contributed by atoms with Crippen LogP contribution in [0.2, 0.25) is 0 Å². The van der Waals surface area contributed by atoms with Crippen molar-refractivity contribution in [3.8, 4) is 11.1 Å². The van der Waals surface area contributed by atoms with Gasteiger partial charge in [0.05, 0.1) is 12.2 Å². The molecule has 2 aromatic rings. The Labute approximate surface area is 122 Å². The zero-order chi connectivity index (χ0) is 14.1. The van der Waals surface area contributed by atoms with Gasteiger partial charge in [-0.25, -0.2) is 0 Å². The number of amides is 1. The lowest BCUT2D eigenvalue weighted by Crippen LogP contribution is -2.28. The maximum absolute atomic E-state index is 11.6. The maximum atomic E-state index is 11.6. The van der Waals surface area contributed by atoms with Crippen LogP contribution >= 0.6 is 11.3 Å². The van der Waals surface area contributed by atoms with Crippen molar-refractivity contribution >= 4 is 17.2 Å². The van der Waals surface area contributed by atoms with Crippen LogP contribution in [0.25, 0.3) is 11.1 Å². The van der Waals surface area contributed by atoms with Crippen LogP contribution in [0.4, 0.5) is 0 Å². The summed E-state index contributed by atoms with van der Waals surface area (Å²) in [7, 11) is 0. The molecule has 4 nitrogen and oxygen atoms in total. The lowest BCUT2D eigenvalue weighted by molar-refractivity contribution is -0.122. The third kappa shape index (κ3) is 2.63. The van der Waals surface area contributed by atoms with Gasteiger partial charge in [-0.3, -0.25) is 9.48 Å². The smallest absolute Gasteiger partial charge is 0.223 e. The van der Waals surface area contributed by atoms with E-state index in [1.54, 1.807) is 11.3 Å². The Balaban J connectivity index is 1.68. The minimum Gasteiger partial charge on any atom is -0.354 e. The highest BCUT2D eigenvalue weighted by Crippen LogP contribution is 2.29. The Morgan fingerprint density at radius 2 is 2.30 bits per heavy atom. The van der Waals surface area contributed by atoms with Gasteiger partial charge in [-0.2, -0.15) is 16.4 Å². The van der Waals surface area contributed by atoms with Crippen molar-refractivity contribution in [1.82, 2.24) is 15.1 Å². The van der Waals surface area contributed by atoms with E-state index in [1.807, 2.05) is 11.6 Å². The van der Waals surface area contributed by atoms with Crippen molar-refractivity contribution in [2.24, 2.45) is 5.92 Å². The van der Waals surface area contributed by atoms with Gasteiger partial charge < -0.3 is 5.32 Å². The van der Waals surface area contributed by atoms with Crippen LogP contribution in [0.3, 0.4) is 0 Å². The standard InChI is InChI=1S/C15H19N3OS/c1-10-14(13-5-8-20-9-13)11(2)18(17-10)7-6-16-15(19)12-3-4-12/h5,8-9,12H,3-4,6-7H2,1-2H3,(H,16,19). The van der Waals surface area contributed by atoms with Gasteiger partial charge in [0.1, 0.15) is 0 Å². The van der Waals surface area contributed by atoms with Gasteiger partial charge in [-0.15, -0.1) is 0 Å². The highest BCUT2D eigenvalue weighted by molar-refractivity contribution is 7.08. The van der Waals surface area contributed by atoms with Crippen LogP contribution in [0, 0.1) is 19.8 Å². The molecule has 1 fully saturated rings. The molecule has 2 aromatic heterocycles. The predicted octanol–water partition coefficient (Wildman–Crippen LogP) is 2.75. The predicted molar refractivity (Wildman–Crippen MR) is 80.7 cm³/mol. The van der Waals surface area contributed by atoms with Gasteiger partial charge in [0.25, 0.3) is 0 Å².